The zero-order valence-corrected chi connectivity index (χ0v) is 17.8. The summed E-state index contributed by atoms with van der Waals surface area (Å²) in [5.74, 6) is -4.63. The van der Waals surface area contributed by atoms with Crippen LogP contribution in [0.5, 0.6) is 5.75 Å². The number of rotatable bonds is 12. The summed E-state index contributed by atoms with van der Waals surface area (Å²) < 4.78 is 0. The van der Waals surface area contributed by atoms with Crippen LogP contribution in [-0.2, 0) is 30.4 Å². The van der Waals surface area contributed by atoms with Gasteiger partial charge in [0.2, 0.25) is 23.6 Å². The summed E-state index contributed by atoms with van der Waals surface area (Å²) in [5.41, 5.74) is 11.2. The molecule has 9 N–H and O–H groups in total. The molecule has 12 nitrogen and oxygen atoms in total. The highest BCUT2D eigenvalue weighted by Gasteiger charge is 2.30. The fourth-order valence-electron chi connectivity index (χ4n) is 2.73. The Bertz CT molecular complexity index is 841. The van der Waals surface area contributed by atoms with E-state index >= 15 is 0 Å². The van der Waals surface area contributed by atoms with E-state index < -0.39 is 66.6 Å². The molecule has 176 valence electrons. The molecule has 0 bridgehead atoms. The van der Waals surface area contributed by atoms with Gasteiger partial charge in [0.15, 0.2) is 0 Å². The molecule has 12 heteroatoms. The van der Waals surface area contributed by atoms with E-state index in [-0.39, 0.29) is 12.2 Å². The Balaban J connectivity index is 2.99. The SMILES string of the molecule is CC(C)C(NC(=O)C(N)CC(N)=O)C(=O)NC(Cc1ccc(O)cc1)C(=O)NCC(=O)O. The molecule has 0 fully saturated rings. The zero-order chi connectivity index (χ0) is 24.4. The second kappa shape index (κ2) is 12.2. The molecule has 32 heavy (non-hydrogen) atoms. The fraction of sp³-hybridized carbons (Fsp3) is 0.450. The van der Waals surface area contributed by atoms with E-state index in [1.54, 1.807) is 26.0 Å². The van der Waals surface area contributed by atoms with Gasteiger partial charge in [-0.1, -0.05) is 26.0 Å². The Labute approximate surface area is 184 Å². The number of benzene rings is 1. The lowest BCUT2D eigenvalue weighted by Gasteiger charge is -2.26. The summed E-state index contributed by atoms with van der Waals surface area (Å²) in [5, 5.41) is 25.4. The van der Waals surface area contributed by atoms with Gasteiger partial charge in [-0.05, 0) is 23.6 Å². The first-order chi connectivity index (χ1) is 14.9. The summed E-state index contributed by atoms with van der Waals surface area (Å²) >= 11 is 0. The maximum Gasteiger partial charge on any atom is 0.322 e. The third-order valence-electron chi connectivity index (χ3n) is 4.43. The lowest BCUT2D eigenvalue weighted by Crippen LogP contribution is -2.58. The lowest BCUT2D eigenvalue weighted by molar-refractivity contribution is -0.138. The second-order valence-corrected chi connectivity index (χ2v) is 7.55. The van der Waals surface area contributed by atoms with E-state index in [0.29, 0.717) is 5.56 Å². The van der Waals surface area contributed by atoms with Gasteiger partial charge in [0.05, 0.1) is 12.5 Å². The van der Waals surface area contributed by atoms with Crippen LogP contribution in [0.3, 0.4) is 0 Å². The highest BCUT2D eigenvalue weighted by atomic mass is 16.4. The van der Waals surface area contributed by atoms with E-state index in [0.717, 1.165) is 0 Å². The van der Waals surface area contributed by atoms with Crippen LogP contribution in [0.1, 0.15) is 25.8 Å². The molecule has 3 atom stereocenters. The average Bonchev–Trinajstić information content (AvgIpc) is 2.70. The Morgan fingerprint density at radius 1 is 0.969 bits per heavy atom. The van der Waals surface area contributed by atoms with Crippen LogP contribution >= 0.6 is 0 Å². The maximum absolute atomic E-state index is 12.9. The predicted octanol–water partition coefficient (Wildman–Crippen LogP) is -2.04. The highest BCUT2D eigenvalue weighted by molar-refractivity contribution is 5.94. The van der Waals surface area contributed by atoms with Crippen molar-refractivity contribution in [3.63, 3.8) is 0 Å². The van der Waals surface area contributed by atoms with Crippen molar-refractivity contribution in [2.24, 2.45) is 17.4 Å². The number of aliphatic carboxylic acids is 1. The number of hydrogen-bond acceptors (Lipinski definition) is 7. The Morgan fingerprint density at radius 2 is 1.56 bits per heavy atom. The van der Waals surface area contributed by atoms with Crippen molar-refractivity contribution in [2.45, 2.75) is 44.8 Å². The van der Waals surface area contributed by atoms with Gasteiger partial charge in [-0.15, -0.1) is 0 Å². The van der Waals surface area contributed by atoms with Gasteiger partial charge in [0.25, 0.3) is 0 Å². The molecule has 0 saturated heterocycles. The maximum atomic E-state index is 12.9. The number of amides is 4. The molecule has 0 aliphatic rings. The topological polar surface area (TPSA) is 214 Å². The van der Waals surface area contributed by atoms with Crippen molar-refractivity contribution < 1.29 is 34.2 Å². The van der Waals surface area contributed by atoms with E-state index in [1.165, 1.54) is 12.1 Å². The summed E-state index contributed by atoms with van der Waals surface area (Å²) in [7, 11) is 0. The third-order valence-corrected chi connectivity index (χ3v) is 4.43. The number of carbonyl (C=O) groups is 5. The molecule has 0 aliphatic carbocycles. The average molecular weight is 451 g/mol. The van der Waals surface area contributed by atoms with Crippen molar-refractivity contribution >= 4 is 29.6 Å². The van der Waals surface area contributed by atoms with Gasteiger partial charge in [0, 0.05) is 6.42 Å². The quantitative estimate of drug-likeness (QED) is 0.187. The number of carbonyl (C=O) groups excluding carboxylic acids is 4. The molecule has 0 radical (unpaired) electrons. The molecular formula is C20H29N5O7. The number of phenols is 1. The van der Waals surface area contributed by atoms with Crippen LogP contribution in [-0.4, -0.2) is 64.5 Å². The minimum atomic E-state index is -1.26. The standard InChI is InChI=1S/C20H29N5O7/c1-10(2)17(25-18(30)13(21)8-15(22)27)20(32)24-14(19(31)23-9-16(28)29)7-11-3-5-12(26)6-4-11/h3-6,10,13-14,17,26H,7-9,21H2,1-2H3,(H2,22,27)(H,23,31)(H,24,32)(H,25,30)(H,28,29). The van der Waals surface area contributed by atoms with Crippen molar-refractivity contribution in [2.75, 3.05) is 6.54 Å². The number of aromatic hydroxyl groups is 1. The smallest absolute Gasteiger partial charge is 0.322 e. The first-order valence-corrected chi connectivity index (χ1v) is 9.82. The zero-order valence-electron chi connectivity index (χ0n) is 17.8. The molecule has 0 aromatic heterocycles. The largest absolute Gasteiger partial charge is 0.508 e. The first-order valence-electron chi connectivity index (χ1n) is 9.82. The van der Waals surface area contributed by atoms with Crippen LogP contribution in [0.4, 0.5) is 0 Å². The molecule has 1 aromatic carbocycles. The number of carboxylic acid groups (broad SMARTS) is 1. The lowest BCUT2D eigenvalue weighted by atomic mass is 10.00. The van der Waals surface area contributed by atoms with Crippen LogP contribution in [0.25, 0.3) is 0 Å². The second-order valence-electron chi connectivity index (χ2n) is 7.55. The number of nitrogens with two attached hydrogens (primary N) is 2. The van der Waals surface area contributed by atoms with E-state index in [9.17, 15) is 29.1 Å². The Morgan fingerprint density at radius 3 is 2.06 bits per heavy atom. The summed E-state index contributed by atoms with van der Waals surface area (Å²) in [4.78, 5) is 59.3. The van der Waals surface area contributed by atoms with Crippen molar-refractivity contribution in [1.82, 2.24) is 16.0 Å². The van der Waals surface area contributed by atoms with Gasteiger partial charge in [-0.3, -0.25) is 24.0 Å². The van der Waals surface area contributed by atoms with E-state index in [4.69, 9.17) is 16.6 Å². The Hall–Kier alpha value is -3.67. The number of nitrogens with one attached hydrogen (secondary N) is 3. The molecule has 0 heterocycles. The predicted molar refractivity (Wildman–Crippen MR) is 113 cm³/mol. The third kappa shape index (κ3) is 9.00. The van der Waals surface area contributed by atoms with Gasteiger partial charge in [0.1, 0.15) is 24.4 Å². The van der Waals surface area contributed by atoms with Crippen LogP contribution < -0.4 is 27.4 Å². The number of carboxylic acids is 1. The minimum Gasteiger partial charge on any atom is -0.508 e. The Kier molecular flexibility index (Phi) is 10.1. The van der Waals surface area contributed by atoms with Crippen LogP contribution in [0.2, 0.25) is 0 Å². The van der Waals surface area contributed by atoms with Crippen molar-refractivity contribution in [3.05, 3.63) is 29.8 Å². The van der Waals surface area contributed by atoms with Crippen LogP contribution in [0, 0.1) is 5.92 Å². The number of primary amides is 1. The molecule has 0 saturated carbocycles. The molecule has 3 unspecified atom stereocenters. The van der Waals surface area contributed by atoms with Crippen molar-refractivity contribution in [1.29, 1.82) is 0 Å². The van der Waals surface area contributed by atoms with E-state index in [1.807, 2.05) is 0 Å². The highest BCUT2D eigenvalue weighted by Crippen LogP contribution is 2.12. The minimum absolute atomic E-state index is 0.00256. The van der Waals surface area contributed by atoms with Gasteiger partial charge < -0.3 is 37.6 Å². The first kappa shape index (κ1) is 26.4. The molecular weight excluding hydrogens is 422 g/mol. The van der Waals surface area contributed by atoms with E-state index in [2.05, 4.69) is 16.0 Å². The monoisotopic (exact) mass is 451 g/mol. The fourth-order valence-corrected chi connectivity index (χ4v) is 2.73. The molecule has 4 amide bonds. The summed E-state index contributed by atoms with van der Waals surface area (Å²) in [6.45, 7) is 2.67. The molecule has 0 aliphatic heterocycles. The summed E-state index contributed by atoms with van der Waals surface area (Å²) in [6, 6.07) is 2.40. The van der Waals surface area contributed by atoms with Gasteiger partial charge >= 0.3 is 5.97 Å². The van der Waals surface area contributed by atoms with Crippen LogP contribution in [0.15, 0.2) is 24.3 Å². The number of hydrogen-bond donors (Lipinski definition) is 7. The molecule has 1 aromatic rings. The molecule has 1 rings (SSSR count). The normalized spacial score (nSPS) is 13.5. The van der Waals surface area contributed by atoms with Gasteiger partial charge in [-0.25, -0.2) is 0 Å². The van der Waals surface area contributed by atoms with Gasteiger partial charge in [-0.2, -0.15) is 0 Å². The van der Waals surface area contributed by atoms with Crippen molar-refractivity contribution in [3.8, 4) is 5.75 Å². The summed E-state index contributed by atoms with van der Waals surface area (Å²) in [6.07, 6.45) is -0.406. The molecule has 0 spiro atoms. The number of phenolic OH excluding ortho intramolecular Hbond substituents is 1.